The van der Waals surface area contributed by atoms with Gasteiger partial charge >= 0.3 is 0 Å². The monoisotopic (exact) mass is 298 g/mol. The SMILES string of the molecule is CCCN(CCn1cccc1)C1CCc2c(O)cccc2C1. The Morgan fingerprint density at radius 3 is 2.77 bits per heavy atom. The average molecular weight is 298 g/mol. The van der Waals surface area contributed by atoms with Gasteiger partial charge in [-0.2, -0.15) is 0 Å². The van der Waals surface area contributed by atoms with Gasteiger partial charge in [-0.1, -0.05) is 19.1 Å². The summed E-state index contributed by atoms with van der Waals surface area (Å²) in [5, 5.41) is 10.00. The van der Waals surface area contributed by atoms with E-state index in [-0.39, 0.29) is 0 Å². The van der Waals surface area contributed by atoms with E-state index in [2.05, 4.69) is 47.0 Å². The standard InChI is InChI=1S/C19H26N2O/c1-2-10-21(14-13-20-11-3-4-12-20)17-8-9-18-16(15-17)6-5-7-19(18)22/h3-7,11-12,17,22H,2,8-10,13-15H2,1H3. The second kappa shape index (κ2) is 7.01. The van der Waals surface area contributed by atoms with Crippen molar-refractivity contribution in [1.82, 2.24) is 9.47 Å². The van der Waals surface area contributed by atoms with Gasteiger partial charge in [-0.3, -0.25) is 4.90 Å². The number of benzene rings is 1. The number of hydrogen-bond donors (Lipinski definition) is 1. The summed E-state index contributed by atoms with van der Waals surface area (Å²) in [7, 11) is 0. The average Bonchev–Trinajstić information content (AvgIpc) is 3.05. The number of hydrogen-bond acceptors (Lipinski definition) is 2. The Morgan fingerprint density at radius 1 is 1.18 bits per heavy atom. The molecule has 2 aromatic rings. The van der Waals surface area contributed by atoms with Gasteiger partial charge in [0.2, 0.25) is 0 Å². The first-order valence-electron chi connectivity index (χ1n) is 8.42. The van der Waals surface area contributed by atoms with Crippen LogP contribution in [-0.4, -0.2) is 33.7 Å². The van der Waals surface area contributed by atoms with Gasteiger partial charge in [0.1, 0.15) is 5.75 Å². The highest BCUT2D eigenvalue weighted by Gasteiger charge is 2.25. The molecule has 1 heterocycles. The number of fused-ring (bicyclic) bond motifs is 1. The summed E-state index contributed by atoms with van der Waals surface area (Å²) in [5.41, 5.74) is 2.50. The second-order valence-corrected chi connectivity index (χ2v) is 6.27. The molecule has 1 unspecified atom stereocenters. The van der Waals surface area contributed by atoms with Crippen LogP contribution >= 0.6 is 0 Å². The van der Waals surface area contributed by atoms with Crippen LogP contribution in [0.5, 0.6) is 5.75 Å². The zero-order valence-corrected chi connectivity index (χ0v) is 13.4. The fraction of sp³-hybridized carbons (Fsp3) is 0.474. The largest absolute Gasteiger partial charge is 0.508 e. The van der Waals surface area contributed by atoms with Crippen molar-refractivity contribution in [3.05, 3.63) is 53.9 Å². The molecule has 118 valence electrons. The Morgan fingerprint density at radius 2 is 2.00 bits per heavy atom. The Balaban J connectivity index is 1.67. The number of nitrogens with zero attached hydrogens (tertiary/aromatic N) is 2. The van der Waals surface area contributed by atoms with Crippen molar-refractivity contribution in [3.8, 4) is 5.75 Å². The molecule has 0 saturated carbocycles. The summed E-state index contributed by atoms with van der Waals surface area (Å²) in [6.45, 7) is 5.56. The molecule has 0 aliphatic heterocycles. The van der Waals surface area contributed by atoms with Crippen LogP contribution in [0.1, 0.15) is 30.9 Å². The number of aromatic hydroxyl groups is 1. The number of phenolic OH excluding ortho intramolecular Hbond substituents is 1. The number of phenols is 1. The second-order valence-electron chi connectivity index (χ2n) is 6.27. The predicted molar refractivity (Wildman–Crippen MR) is 90.2 cm³/mol. The van der Waals surface area contributed by atoms with Crippen LogP contribution in [0, 0.1) is 0 Å². The van der Waals surface area contributed by atoms with Gasteiger partial charge in [0.25, 0.3) is 0 Å². The maximum Gasteiger partial charge on any atom is 0.119 e. The zero-order valence-electron chi connectivity index (χ0n) is 13.4. The molecule has 0 bridgehead atoms. The van der Waals surface area contributed by atoms with Crippen LogP contribution in [0.2, 0.25) is 0 Å². The quantitative estimate of drug-likeness (QED) is 0.884. The summed E-state index contributed by atoms with van der Waals surface area (Å²) in [6, 6.07) is 10.7. The van der Waals surface area contributed by atoms with E-state index in [4.69, 9.17) is 0 Å². The Labute approximate surface area is 133 Å². The van der Waals surface area contributed by atoms with Crippen molar-refractivity contribution in [3.63, 3.8) is 0 Å². The third-order valence-electron chi connectivity index (χ3n) is 4.77. The summed E-state index contributed by atoms with van der Waals surface area (Å²) in [4.78, 5) is 2.63. The zero-order chi connectivity index (χ0) is 15.4. The Bertz CT molecular complexity index is 591. The third kappa shape index (κ3) is 3.36. The van der Waals surface area contributed by atoms with E-state index in [1.807, 2.05) is 12.1 Å². The Kier molecular flexibility index (Phi) is 4.84. The van der Waals surface area contributed by atoms with Crippen LogP contribution in [0.4, 0.5) is 0 Å². The van der Waals surface area contributed by atoms with Crippen LogP contribution in [0.3, 0.4) is 0 Å². The molecule has 1 aromatic carbocycles. The third-order valence-corrected chi connectivity index (χ3v) is 4.77. The van der Waals surface area contributed by atoms with E-state index in [0.717, 1.165) is 38.9 Å². The highest BCUT2D eigenvalue weighted by molar-refractivity contribution is 5.41. The van der Waals surface area contributed by atoms with E-state index in [0.29, 0.717) is 11.8 Å². The predicted octanol–water partition coefficient (Wildman–Crippen LogP) is 3.46. The van der Waals surface area contributed by atoms with E-state index >= 15 is 0 Å². The summed E-state index contributed by atoms with van der Waals surface area (Å²) >= 11 is 0. The topological polar surface area (TPSA) is 28.4 Å². The van der Waals surface area contributed by atoms with Crippen LogP contribution < -0.4 is 0 Å². The van der Waals surface area contributed by atoms with Gasteiger partial charge in [-0.15, -0.1) is 0 Å². The van der Waals surface area contributed by atoms with Crippen molar-refractivity contribution >= 4 is 0 Å². The van der Waals surface area contributed by atoms with E-state index in [9.17, 15) is 5.11 Å². The molecular weight excluding hydrogens is 272 g/mol. The van der Waals surface area contributed by atoms with Gasteiger partial charge in [0.05, 0.1) is 0 Å². The molecule has 1 aliphatic carbocycles. The van der Waals surface area contributed by atoms with E-state index in [1.54, 1.807) is 0 Å². The molecule has 1 aliphatic rings. The minimum atomic E-state index is 0.477. The lowest BCUT2D eigenvalue weighted by Crippen LogP contribution is -2.41. The van der Waals surface area contributed by atoms with E-state index < -0.39 is 0 Å². The van der Waals surface area contributed by atoms with Crippen molar-refractivity contribution in [2.45, 2.75) is 45.2 Å². The lowest BCUT2D eigenvalue weighted by atomic mass is 9.87. The molecule has 3 rings (SSSR count). The van der Waals surface area contributed by atoms with Gasteiger partial charge < -0.3 is 9.67 Å². The van der Waals surface area contributed by atoms with Gasteiger partial charge in [-0.05, 0) is 61.6 Å². The van der Waals surface area contributed by atoms with Crippen molar-refractivity contribution in [2.75, 3.05) is 13.1 Å². The van der Waals surface area contributed by atoms with Gasteiger partial charge in [-0.25, -0.2) is 0 Å². The highest BCUT2D eigenvalue weighted by Crippen LogP contribution is 2.30. The van der Waals surface area contributed by atoms with Crippen LogP contribution in [0.15, 0.2) is 42.7 Å². The van der Waals surface area contributed by atoms with Crippen LogP contribution in [0.25, 0.3) is 0 Å². The molecule has 0 radical (unpaired) electrons. The summed E-state index contributed by atoms with van der Waals surface area (Å²) in [5.74, 6) is 0.477. The molecule has 3 nitrogen and oxygen atoms in total. The molecule has 1 aromatic heterocycles. The molecule has 1 N–H and O–H groups in total. The summed E-state index contributed by atoms with van der Waals surface area (Å²) < 4.78 is 2.26. The molecule has 0 fully saturated rings. The fourth-order valence-electron chi connectivity index (χ4n) is 3.61. The minimum Gasteiger partial charge on any atom is -0.508 e. The lowest BCUT2D eigenvalue weighted by molar-refractivity contribution is 0.172. The molecule has 0 saturated heterocycles. The fourth-order valence-corrected chi connectivity index (χ4v) is 3.61. The minimum absolute atomic E-state index is 0.477. The first-order valence-corrected chi connectivity index (χ1v) is 8.42. The van der Waals surface area contributed by atoms with Gasteiger partial charge in [0.15, 0.2) is 0 Å². The van der Waals surface area contributed by atoms with E-state index in [1.165, 1.54) is 17.5 Å². The van der Waals surface area contributed by atoms with Gasteiger partial charge in [0, 0.05) is 31.5 Å². The molecule has 0 spiro atoms. The first-order chi connectivity index (χ1) is 10.8. The smallest absolute Gasteiger partial charge is 0.119 e. The van der Waals surface area contributed by atoms with Crippen LogP contribution in [-0.2, 0) is 19.4 Å². The molecule has 1 atom stereocenters. The highest BCUT2D eigenvalue weighted by atomic mass is 16.3. The maximum atomic E-state index is 10.00. The maximum absolute atomic E-state index is 10.00. The molecule has 0 amide bonds. The Hall–Kier alpha value is -1.74. The molecule has 22 heavy (non-hydrogen) atoms. The molecule has 3 heteroatoms. The summed E-state index contributed by atoms with van der Waals surface area (Å²) in [6.07, 6.45) is 8.67. The van der Waals surface area contributed by atoms with Crippen molar-refractivity contribution in [1.29, 1.82) is 0 Å². The number of rotatable bonds is 6. The van der Waals surface area contributed by atoms with Crippen molar-refractivity contribution in [2.24, 2.45) is 0 Å². The first kappa shape index (κ1) is 15.2. The number of aromatic nitrogens is 1. The lowest BCUT2D eigenvalue weighted by Gasteiger charge is -2.35. The molecular formula is C19H26N2O. The van der Waals surface area contributed by atoms with Crippen molar-refractivity contribution < 1.29 is 5.11 Å². The normalized spacial score (nSPS) is 17.6.